The third-order valence-corrected chi connectivity index (χ3v) is 4.06. The maximum Gasteiger partial charge on any atom is 0.289 e. The first-order chi connectivity index (χ1) is 11.2. The second kappa shape index (κ2) is 5.35. The molecule has 0 fully saturated rings. The van der Waals surface area contributed by atoms with Crippen LogP contribution in [0.3, 0.4) is 0 Å². The SMILES string of the molecule is Cc1cccc2c(NCc3nnc4n3CCNC4=O)ccnc12. The first-order valence-electron chi connectivity index (χ1n) is 7.52. The van der Waals surface area contributed by atoms with E-state index < -0.39 is 0 Å². The third-order valence-electron chi connectivity index (χ3n) is 4.06. The summed E-state index contributed by atoms with van der Waals surface area (Å²) in [5.41, 5.74) is 3.12. The van der Waals surface area contributed by atoms with E-state index in [9.17, 15) is 4.79 Å². The summed E-state index contributed by atoms with van der Waals surface area (Å²) in [5.74, 6) is 0.968. The van der Waals surface area contributed by atoms with E-state index in [0.717, 1.165) is 28.0 Å². The molecule has 3 aromatic rings. The summed E-state index contributed by atoms with van der Waals surface area (Å²) < 4.78 is 1.86. The van der Waals surface area contributed by atoms with Gasteiger partial charge >= 0.3 is 0 Å². The van der Waals surface area contributed by atoms with Crippen molar-refractivity contribution in [1.82, 2.24) is 25.1 Å². The number of benzene rings is 1. The van der Waals surface area contributed by atoms with E-state index in [1.807, 2.05) is 35.8 Å². The van der Waals surface area contributed by atoms with Gasteiger partial charge in [-0.05, 0) is 18.6 Å². The van der Waals surface area contributed by atoms with Gasteiger partial charge in [0.15, 0.2) is 5.82 Å². The highest BCUT2D eigenvalue weighted by Gasteiger charge is 2.22. The Morgan fingerprint density at radius 2 is 2.22 bits per heavy atom. The van der Waals surface area contributed by atoms with Crippen LogP contribution in [0.5, 0.6) is 0 Å². The molecule has 4 rings (SSSR count). The normalized spacial score (nSPS) is 13.7. The Labute approximate surface area is 132 Å². The average molecular weight is 308 g/mol. The summed E-state index contributed by atoms with van der Waals surface area (Å²) >= 11 is 0. The van der Waals surface area contributed by atoms with Gasteiger partial charge in [0.1, 0.15) is 0 Å². The van der Waals surface area contributed by atoms with Gasteiger partial charge in [-0.15, -0.1) is 10.2 Å². The molecular weight excluding hydrogens is 292 g/mol. The van der Waals surface area contributed by atoms with Crippen molar-refractivity contribution in [1.29, 1.82) is 0 Å². The minimum absolute atomic E-state index is 0.167. The molecular formula is C16H16N6O. The first-order valence-corrected chi connectivity index (χ1v) is 7.52. The van der Waals surface area contributed by atoms with Crippen LogP contribution in [-0.4, -0.2) is 32.2 Å². The van der Waals surface area contributed by atoms with Gasteiger partial charge in [-0.1, -0.05) is 18.2 Å². The van der Waals surface area contributed by atoms with E-state index in [0.29, 0.717) is 25.5 Å². The summed E-state index contributed by atoms with van der Waals surface area (Å²) in [7, 11) is 0. The molecule has 1 aliphatic heterocycles. The Kier molecular flexibility index (Phi) is 3.18. The second-order valence-electron chi connectivity index (χ2n) is 5.53. The van der Waals surface area contributed by atoms with E-state index in [1.165, 1.54) is 0 Å². The van der Waals surface area contributed by atoms with Gasteiger partial charge in [0, 0.05) is 30.4 Å². The molecule has 23 heavy (non-hydrogen) atoms. The van der Waals surface area contributed by atoms with Crippen LogP contribution in [0.25, 0.3) is 10.9 Å². The summed E-state index contributed by atoms with van der Waals surface area (Å²) in [6.07, 6.45) is 1.80. The number of para-hydroxylation sites is 1. The van der Waals surface area contributed by atoms with Gasteiger partial charge in [-0.3, -0.25) is 9.78 Å². The second-order valence-corrected chi connectivity index (χ2v) is 5.53. The number of aromatic nitrogens is 4. The van der Waals surface area contributed by atoms with Gasteiger partial charge in [-0.2, -0.15) is 0 Å². The number of carbonyl (C=O) groups excluding carboxylic acids is 1. The Morgan fingerprint density at radius 3 is 3.13 bits per heavy atom. The zero-order valence-electron chi connectivity index (χ0n) is 12.7. The van der Waals surface area contributed by atoms with Crippen LogP contribution in [0.15, 0.2) is 30.5 Å². The number of amides is 1. The fourth-order valence-corrected chi connectivity index (χ4v) is 2.88. The van der Waals surface area contributed by atoms with Crippen molar-refractivity contribution < 1.29 is 4.79 Å². The minimum Gasteiger partial charge on any atom is -0.377 e. The lowest BCUT2D eigenvalue weighted by Gasteiger charge is -2.16. The van der Waals surface area contributed by atoms with Crippen LogP contribution >= 0.6 is 0 Å². The van der Waals surface area contributed by atoms with E-state index >= 15 is 0 Å². The first kappa shape index (κ1) is 13.7. The maximum absolute atomic E-state index is 11.7. The summed E-state index contributed by atoms with van der Waals surface area (Å²) in [5, 5.41) is 15.3. The molecule has 3 heterocycles. The molecule has 0 atom stereocenters. The molecule has 0 saturated heterocycles. The highest BCUT2D eigenvalue weighted by Crippen LogP contribution is 2.24. The molecule has 0 radical (unpaired) electrons. The highest BCUT2D eigenvalue weighted by atomic mass is 16.2. The van der Waals surface area contributed by atoms with Gasteiger partial charge in [0.25, 0.3) is 5.91 Å². The molecule has 1 aromatic carbocycles. The number of fused-ring (bicyclic) bond motifs is 2. The monoisotopic (exact) mass is 308 g/mol. The smallest absolute Gasteiger partial charge is 0.289 e. The number of anilines is 1. The number of hydrogen-bond donors (Lipinski definition) is 2. The van der Waals surface area contributed by atoms with Crippen molar-refractivity contribution in [2.24, 2.45) is 0 Å². The van der Waals surface area contributed by atoms with E-state index in [2.05, 4.69) is 25.8 Å². The van der Waals surface area contributed by atoms with Crippen LogP contribution in [0, 0.1) is 6.92 Å². The quantitative estimate of drug-likeness (QED) is 0.766. The van der Waals surface area contributed by atoms with E-state index in [-0.39, 0.29) is 5.91 Å². The zero-order chi connectivity index (χ0) is 15.8. The number of hydrogen-bond acceptors (Lipinski definition) is 5. The van der Waals surface area contributed by atoms with Crippen molar-refractivity contribution in [3.05, 3.63) is 47.7 Å². The molecule has 1 amide bonds. The van der Waals surface area contributed by atoms with Crippen molar-refractivity contribution in [3.8, 4) is 0 Å². The maximum atomic E-state index is 11.7. The molecule has 0 spiro atoms. The Bertz CT molecular complexity index is 901. The molecule has 2 aromatic heterocycles. The number of nitrogens with one attached hydrogen (secondary N) is 2. The van der Waals surface area contributed by atoms with Crippen LogP contribution in [-0.2, 0) is 13.1 Å². The molecule has 7 heteroatoms. The average Bonchev–Trinajstić information content (AvgIpc) is 2.98. The summed E-state index contributed by atoms with van der Waals surface area (Å²) in [6.45, 7) is 3.86. The van der Waals surface area contributed by atoms with Crippen LogP contribution < -0.4 is 10.6 Å². The fraction of sp³-hybridized carbons (Fsp3) is 0.250. The molecule has 7 nitrogen and oxygen atoms in total. The van der Waals surface area contributed by atoms with Gasteiger partial charge in [0.2, 0.25) is 5.82 Å². The Morgan fingerprint density at radius 1 is 1.30 bits per heavy atom. The van der Waals surface area contributed by atoms with Gasteiger partial charge in [0.05, 0.1) is 12.1 Å². The van der Waals surface area contributed by atoms with Crippen LogP contribution in [0.1, 0.15) is 22.0 Å². The largest absolute Gasteiger partial charge is 0.377 e. The molecule has 116 valence electrons. The lowest BCUT2D eigenvalue weighted by molar-refractivity contribution is 0.0921. The molecule has 0 saturated carbocycles. The standard InChI is InChI=1S/C16H16N6O/c1-10-3-2-4-11-12(5-6-17-14(10)11)19-9-13-20-21-15-16(23)18-7-8-22(13)15/h2-6H,7-9H2,1H3,(H,17,19)(H,18,23). The van der Waals surface area contributed by atoms with Gasteiger partial charge < -0.3 is 15.2 Å². The molecule has 0 bridgehead atoms. The van der Waals surface area contributed by atoms with Crippen molar-refractivity contribution in [2.75, 3.05) is 11.9 Å². The topological polar surface area (TPSA) is 84.7 Å². The van der Waals surface area contributed by atoms with Gasteiger partial charge in [-0.25, -0.2) is 0 Å². The minimum atomic E-state index is -0.167. The lowest BCUT2D eigenvalue weighted by atomic mass is 10.1. The van der Waals surface area contributed by atoms with E-state index in [4.69, 9.17) is 0 Å². The molecule has 0 aliphatic carbocycles. The Balaban J connectivity index is 1.63. The predicted octanol–water partition coefficient (Wildman–Crippen LogP) is 1.49. The molecule has 0 unspecified atom stereocenters. The highest BCUT2D eigenvalue weighted by molar-refractivity contribution is 5.93. The third kappa shape index (κ3) is 2.30. The number of aryl methyl sites for hydroxylation is 1. The number of rotatable bonds is 3. The fourth-order valence-electron chi connectivity index (χ4n) is 2.88. The molecule has 1 aliphatic rings. The van der Waals surface area contributed by atoms with Crippen LogP contribution in [0.2, 0.25) is 0 Å². The number of nitrogens with zero attached hydrogens (tertiary/aromatic N) is 4. The summed E-state index contributed by atoms with van der Waals surface area (Å²) in [4.78, 5) is 16.2. The van der Waals surface area contributed by atoms with Crippen molar-refractivity contribution in [2.45, 2.75) is 20.0 Å². The van der Waals surface area contributed by atoms with Crippen molar-refractivity contribution in [3.63, 3.8) is 0 Å². The van der Waals surface area contributed by atoms with E-state index in [1.54, 1.807) is 6.20 Å². The Hall–Kier alpha value is -2.96. The molecule has 2 N–H and O–H groups in total. The predicted molar refractivity (Wildman–Crippen MR) is 86.2 cm³/mol. The van der Waals surface area contributed by atoms with Crippen LogP contribution in [0.4, 0.5) is 5.69 Å². The number of carbonyl (C=O) groups is 1. The number of pyridine rings is 1. The lowest BCUT2D eigenvalue weighted by Crippen LogP contribution is -2.36. The summed E-state index contributed by atoms with van der Waals surface area (Å²) in [6, 6.07) is 8.06. The zero-order valence-corrected chi connectivity index (χ0v) is 12.7. The van der Waals surface area contributed by atoms with Crippen molar-refractivity contribution >= 4 is 22.5 Å².